The maximum Gasteiger partial charge on any atom is 0.290 e. The number of benzene rings is 2. The lowest BCUT2D eigenvalue weighted by Gasteiger charge is -2.30. The summed E-state index contributed by atoms with van der Waals surface area (Å²) in [5.74, 6) is -0.451. The smallest absolute Gasteiger partial charge is 0.290 e. The van der Waals surface area contributed by atoms with Crippen LogP contribution < -0.4 is 9.47 Å². The summed E-state index contributed by atoms with van der Waals surface area (Å²) in [5.41, 5.74) is 1.50. The van der Waals surface area contributed by atoms with Crippen molar-refractivity contribution in [3.05, 3.63) is 77.1 Å². The maximum absolute atomic E-state index is 13.4. The molecule has 0 aromatic heterocycles. The van der Waals surface area contributed by atoms with Gasteiger partial charge >= 0.3 is 0 Å². The molecule has 1 saturated heterocycles. The molecule has 1 atom stereocenters. The molecule has 36 heavy (non-hydrogen) atoms. The lowest BCUT2D eigenvalue weighted by Crippen LogP contribution is -2.39. The Morgan fingerprint density at radius 3 is 2.53 bits per heavy atom. The van der Waals surface area contributed by atoms with Crippen LogP contribution in [0.1, 0.15) is 23.6 Å². The summed E-state index contributed by atoms with van der Waals surface area (Å²) in [6.07, 6.45) is 3.76. The summed E-state index contributed by atoms with van der Waals surface area (Å²) in [4.78, 5) is 30.4. The Morgan fingerprint density at radius 1 is 1.08 bits per heavy atom. The predicted molar refractivity (Wildman–Crippen MR) is 136 cm³/mol. The van der Waals surface area contributed by atoms with Crippen LogP contribution in [0.25, 0.3) is 6.08 Å². The summed E-state index contributed by atoms with van der Waals surface area (Å²) in [7, 11) is 3.08. The van der Waals surface area contributed by atoms with E-state index in [4.69, 9.17) is 14.2 Å². The Morgan fingerprint density at radius 2 is 1.83 bits per heavy atom. The zero-order chi connectivity index (χ0) is 25.5. The van der Waals surface area contributed by atoms with Gasteiger partial charge in [-0.25, -0.2) is 0 Å². The number of carbonyl (C=O) groups is 2. The molecule has 1 amide bonds. The maximum atomic E-state index is 13.4. The fraction of sp³-hybridized carbons (Fsp3) is 0.357. The fourth-order valence-electron chi connectivity index (χ4n) is 4.62. The van der Waals surface area contributed by atoms with Gasteiger partial charge in [-0.2, -0.15) is 0 Å². The van der Waals surface area contributed by atoms with Crippen molar-refractivity contribution in [3.63, 3.8) is 0 Å². The molecular weight excluding hydrogens is 460 g/mol. The zero-order valence-corrected chi connectivity index (χ0v) is 20.7. The van der Waals surface area contributed by atoms with Crippen LogP contribution in [-0.2, 0) is 14.3 Å². The van der Waals surface area contributed by atoms with Crippen LogP contribution >= 0.6 is 0 Å². The molecule has 190 valence electrons. The minimum absolute atomic E-state index is 0.0435. The SMILES string of the molecule is COc1ccc([C@@H]2C(C(=O)/C=C/c3ccccc3)=C(O)C(=O)N2CCCN2CCOCC2)c(OC)c1. The Hall–Kier alpha value is -3.62. The highest BCUT2D eigenvalue weighted by atomic mass is 16.5. The van der Waals surface area contributed by atoms with Gasteiger partial charge in [-0.1, -0.05) is 36.4 Å². The number of aliphatic hydroxyl groups excluding tert-OH is 1. The molecule has 0 saturated carbocycles. The van der Waals surface area contributed by atoms with Gasteiger partial charge in [-0.05, 0) is 30.2 Å². The number of hydrogen-bond acceptors (Lipinski definition) is 7. The second-order valence-electron chi connectivity index (χ2n) is 8.69. The van der Waals surface area contributed by atoms with Gasteiger partial charge in [0.15, 0.2) is 11.5 Å². The van der Waals surface area contributed by atoms with E-state index in [1.165, 1.54) is 13.2 Å². The Labute approximate surface area is 211 Å². The summed E-state index contributed by atoms with van der Waals surface area (Å²) < 4.78 is 16.3. The number of nitrogens with zero attached hydrogens (tertiary/aromatic N) is 2. The molecule has 0 aliphatic carbocycles. The Balaban J connectivity index is 1.64. The van der Waals surface area contributed by atoms with Gasteiger partial charge in [0.05, 0.1) is 39.0 Å². The first-order valence-corrected chi connectivity index (χ1v) is 12.1. The van der Waals surface area contributed by atoms with E-state index in [9.17, 15) is 14.7 Å². The van der Waals surface area contributed by atoms with E-state index in [1.54, 1.807) is 36.3 Å². The topological polar surface area (TPSA) is 88.5 Å². The van der Waals surface area contributed by atoms with Crippen molar-refractivity contribution in [2.45, 2.75) is 12.5 Å². The largest absolute Gasteiger partial charge is 0.503 e. The van der Waals surface area contributed by atoms with E-state index < -0.39 is 23.5 Å². The average Bonchev–Trinajstić information content (AvgIpc) is 3.17. The Kier molecular flexibility index (Phi) is 8.40. The molecule has 0 spiro atoms. The predicted octanol–water partition coefficient (Wildman–Crippen LogP) is 3.40. The quantitative estimate of drug-likeness (QED) is 0.509. The first-order chi connectivity index (χ1) is 17.5. The molecule has 2 aliphatic rings. The van der Waals surface area contributed by atoms with Crippen molar-refractivity contribution < 1.29 is 28.9 Å². The third kappa shape index (κ3) is 5.61. The van der Waals surface area contributed by atoms with E-state index in [2.05, 4.69) is 4.90 Å². The van der Waals surface area contributed by atoms with Gasteiger partial charge in [0.1, 0.15) is 11.5 Å². The van der Waals surface area contributed by atoms with Crippen LogP contribution in [-0.4, -0.2) is 80.2 Å². The van der Waals surface area contributed by atoms with Gasteiger partial charge in [0.25, 0.3) is 5.91 Å². The zero-order valence-electron chi connectivity index (χ0n) is 20.7. The van der Waals surface area contributed by atoms with E-state index >= 15 is 0 Å². The number of allylic oxidation sites excluding steroid dienone is 1. The van der Waals surface area contributed by atoms with Gasteiger partial charge in [0.2, 0.25) is 0 Å². The summed E-state index contributed by atoms with van der Waals surface area (Å²) in [6.45, 7) is 4.26. The van der Waals surface area contributed by atoms with Crippen molar-refractivity contribution in [2.24, 2.45) is 0 Å². The fourth-order valence-corrected chi connectivity index (χ4v) is 4.62. The van der Waals surface area contributed by atoms with Gasteiger partial charge in [0, 0.05) is 37.8 Å². The average molecular weight is 493 g/mol. The molecule has 0 unspecified atom stereocenters. The van der Waals surface area contributed by atoms with Crippen molar-refractivity contribution >= 4 is 17.8 Å². The Bertz CT molecular complexity index is 1140. The number of carbonyl (C=O) groups excluding carboxylic acids is 2. The number of morpholine rings is 1. The third-order valence-electron chi connectivity index (χ3n) is 6.51. The van der Waals surface area contributed by atoms with Gasteiger partial charge < -0.3 is 24.2 Å². The second kappa shape index (κ2) is 11.9. The van der Waals surface area contributed by atoms with Gasteiger partial charge in [-0.3, -0.25) is 14.5 Å². The number of aliphatic hydroxyl groups is 1. The standard InChI is InChI=1S/C28H32N2O6/c1-34-21-10-11-22(24(19-21)35-2)26-25(23(31)12-9-20-7-4-3-5-8-20)27(32)28(33)30(26)14-6-13-29-15-17-36-18-16-29/h3-5,7-12,19,26,32H,6,13-18H2,1-2H3/b12-9+/t26-/m1/s1. The van der Waals surface area contributed by atoms with Crippen molar-refractivity contribution in [2.75, 3.05) is 53.6 Å². The number of ketones is 1. The van der Waals surface area contributed by atoms with Crippen molar-refractivity contribution in [1.82, 2.24) is 9.80 Å². The van der Waals surface area contributed by atoms with E-state index in [0.29, 0.717) is 43.2 Å². The molecule has 2 heterocycles. The molecule has 8 heteroatoms. The number of methoxy groups -OCH3 is 2. The highest BCUT2D eigenvalue weighted by Gasteiger charge is 2.43. The summed E-state index contributed by atoms with van der Waals surface area (Å²) >= 11 is 0. The van der Waals surface area contributed by atoms with Crippen LogP contribution in [0.2, 0.25) is 0 Å². The minimum atomic E-state index is -0.782. The molecule has 1 fully saturated rings. The van der Waals surface area contributed by atoms with Crippen LogP contribution in [0.3, 0.4) is 0 Å². The van der Waals surface area contributed by atoms with Crippen molar-refractivity contribution in [3.8, 4) is 11.5 Å². The highest BCUT2D eigenvalue weighted by Crippen LogP contribution is 2.42. The molecular formula is C28H32N2O6. The van der Waals surface area contributed by atoms with E-state index in [1.807, 2.05) is 30.3 Å². The number of amides is 1. The lowest BCUT2D eigenvalue weighted by molar-refractivity contribution is -0.129. The molecule has 2 aromatic carbocycles. The number of ether oxygens (including phenoxy) is 3. The minimum Gasteiger partial charge on any atom is -0.503 e. The molecule has 8 nitrogen and oxygen atoms in total. The van der Waals surface area contributed by atoms with Crippen LogP contribution in [0, 0.1) is 0 Å². The summed E-state index contributed by atoms with van der Waals surface area (Å²) in [6, 6.07) is 13.9. The van der Waals surface area contributed by atoms with Crippen molar-refractivity contribution in [1.29, 1.82) is 0 Å². The molecule has 0 bridgehead atoms. The normalized spacial score (nSPS) is 18.8. The van der Waals surface area contributed by atoms with Crippen LogP contribution in [0.15, 0.2) is 65.9 Å². The highest BCUT2D eigenvalue weighted by molar-refractivity contribution is 6.14. The second-order valence-corrected chi connectivity index (χ2v) is 8.69. The molecule has 4 rings (SSSR count). The third-order valence-corrected chi connectivity index (χ3v) is 6.51. The van der Waals surface area contributed by atoms with Gasteiger partial charge in [-0.15, -0.1) is 0 Å². The molecule has 2 aromatic rings. The monoisotopic (exact) mass is 492 g/mol. The lowest BCUT2D eigenvalue weighted by atomic mass is 9.94. The van der Waals surface area contributed by atoms with Crippen LogP contribution in [0.4, 0.5) is 0 Å². The van der Waals surface area contributed by atoms with Crippen LogP contribution in [0.5, 0.6) is 11.5 Å². The van der Waals surface area contributed by atoms with E-state index in [-0.39, 0.29) is 5.57 Å². The first-order valence-electron chi connectivity index (χ1n) is 12.1. The first kappa shape index (κ1) is 25.5. The number of rotatable bonds is 10. The molecule has 1 N–H and O–H groups in total. The van der Waals surface area contributed by atoms with E-state index in [0.717, 1.165) is 25.2 Å². The molecule has 0 radical (unpaired) electrons. The number of hydrogen-bond donors (Lipinski definition) is 1. The molecule has 2 aliphatic heterocycles. The summed E-state index contributed by atoms with van der Waals surface area (Å²) in [5, 5.41) is 10.9.